The minimum atomic E-state index is 0.172. The molecular weight excluding hydrogens is 498 g/mol. The Labute approximate surface area is 208 Å². The third kappa shape index (κ3) is 4.71. The molecule has 0 radical (unpaired) electrons. The second-order valence-electron chi connectivity index (χ2n) is 9.26. The molecule has 1 amide bonds. The van der Waals surface area contributed by atoms with Crippen molar-refractivity contribution in [2.24, 2.45) is 13.0 Å². The second kappa shape index (κ2) is 9.55. The summed E-state index contributed by atoms with van der Waals surface area (Å²) < 4.78 is 3.01. The molecule has 3 heterocycles. The van der Waals surface area contributed by atoms with E-state index in [1.807, 2.05) is 53.3 Å². The molecule has 0 bridgehead atoms. The van der Waals surface area contributed by atoms with Gasteiger partial charge in [-0.3, -0.25) is 9.78 Å². The highest BCUT2D eigenvalue weighted by molar-refractivity contribution is 9.10. The summed E-state index contributed by atoms with van der Waals surface area (Å²) in [5.74, 6) is 0.795. The SMILES string of the molecule is C[n+]1ccc(CC(=O)N2CCC(C3c4ncc(Br)cc4CCc4cccc(Cl)c43)CC2)cc1. The van der Waals surface area contributed by atoms with E-state index in [0.29, 0.717) is 12.3 Å². The molecule has 1 fully saturated rings. The summed E-state index contributed by atoms with van der Waals surface area (Å²) in [6.07, 6.45) is 10.2. The van der Waals surface area contributed by atoms with Crippen molar-refractivity contribution in [1.82, 2.24) is 9.88 Å². The lowest BCUT2D eigenvalue weighted by Gasteiger charge is -2.37. The number of nitrogens with zero attached hydrogens (tertiary/aromatic N) is 3. The van der Waals surface area contributed by atoms with Crippen LogP contribution in [-0.2, 0) is 31.1 Å². The first-order chi connectivity index (χ1) is 16.0. The van der Waals surface area contributed by atoms with Crippen molar-refractivity contribution in [3.05, 3.63) is 92.4 Å². The Bertz CT molecular complexity index is 1170. The number of likely N-dealkylation sites (tertiary alicyclic amines) is 1. The van der Waals surface area contributed by atoms with Crippen LogP contribution in [0.15, 0.2) is 59.5 Å². The van der Waals surface area contributed by atoms with E-state index in [0.717, 1.165) is 59.5 Å². The zero-order chi connectivity index (χ0) is 22.9. The second-order valence-corrected chi connectivity index (χ2v) is 10.6. The summed E-state index contributed by atoms with van der Waals surface area (Å²) >= 11 is 10.4. The molecule has 3 aromatic rings. The average molecular weight is 526 g/mol. The molecule has 1 saturated heterocycles. The Kier molecular flexibility index (Phi) is 6.53. The molecular formula is C27H28BrClN3O+. The molecule has 0 spiro atoms. The monoisotopic (exact) mass is 524 g/mol. The number of fused-ring (bicyclic) bond motifs is 2. The van der Waals surface area contributed by atoms with Crippen LogP contribution >= 0.6 is 27.5 Å². The quantitative estimate of drug-likeness (QED) is 0.450. The minimum absolute atomic E-state index is 0.172. The predicted molar refractivity (Wildman–Crippen MR) is 133 cm³/mol. The number of pyridine rings is 2. The van der Waals surface area contributed by atoms with Crippen LogP contribution in [-0.4, -0.2) is 28.9 Å². The highest BCUT2D eigenvalue weighted by Crippen LogP contribution is 2.45. The summed E-state index contributed by atoms with van der Waals surface area (Å²) in [4.78, 5) is 19.9. The topological polar surface area (TPSA) is 37.1 Å². The molecule has 170 valence electrons. The summed E-state index contributed by atoms with van der Waals surface area (Å²) in [7, 11) is 1.99. The highest BCUT2D eigenvalue weighted by atomic mass is 79.9. The van der Waals surface area contributed by atoms with Crippen molar-refractivity contribution in [2.45, 2.75) is 38.0 Å². The zero-order valence-electron chi connectivity index (χ0n) is 18.8. The number of rotatable bonds is 3. The van der Waals surface area contributed by atoms with Crippen LogP contribution in [0.5, 0.6) is 0 Å². The van der Waals surface area contributed by atoms with Crippen LogP contribution in [0.4, 0.5) is 0 Å². The van der Waals surface area contributed by atoms with Crippen molar-refractivity contribution in [1.29, 1.82) is 0 Å². The van der Waals surface area contributed by atoms with Crippen LogP contribution in [0.1, 0.15) is 46.7 Å². The van der Waals surface area contributed by atoms with Gasteiger partial charge in [0.05, 0.1) is 12.1 Å². The number of carbonyl (C=O) groups excluding carboxylic acids is 1. The Hall–Kier alpha value is -2.24. The molecule has 1 unspecified atom stereocenters. The van der Waals surface area contributed by atoms with Gasteiger partial charge in [0.2, 0.25) is 5.91 Å². The van der Waals surface area contributed by atoms with Crippen LogP contribution in [0, 0.1) is 5.92 Å². The van der Waals surface area contributed by atoms with Crippen molar-refractivity contribution in [3.8, 4) is 0 Å². The maximum atomic E-state index is 13.0. The van der Waals surface area contributed by atoms with Crippen LogP contribution in [0.3, 0.4) is 0 Å². The summed E-state index contributed by atoms with van der Waals surface area (Å²) in [5.41, 5.74) is 6.10. The lowest BCUT2D eigenvalue weighted by Crippen LogP contribution is -2.41. The van der Waals surface area contributed by atoms with Crippen molar-refractivity contribution in [2.75, 3.05) is 13.1 Å². The van der Waals surface area contributed by atoms with E-state index in [2.05, 4.69) is 34.1 Å². The van der Waals surface area contributed by atoms with E-state index in [-0.39, 0.29) is 11.8 Å². The highest BCUT2D eigenvalue weighted by Gasteiger charge is 2.36. The molecule has 33 heavy (non-hydrogen) atoms. The van der Waals surface area contributed by atoms with E-state index in [1.165, 1.54) is 16.7 Å². The van der Waals surface area contributed by atoms with E-state index in [9.17, 15) is 4.79 Å². The Morgan fingerprint density at radius 1 is 1.15 bits per heavy atom. The number of benzene rings is 1. The molecule has 0 N–H and O–H groups in total. The van der Waals surface area contributed by atoms with Gasteiger partial charge in [0.15, 0.2) is 12.4 Å². The van der Waals surface area contributed by atoms with Crippen LogP contribution < -0.4 is 4.57 Å². The van der Waals surface area contributed by atoms with Gasteiger partial charge in [-0.2, -0.15) is 0 Å². The summed E-state index contributed by atoms with van der Waals surface area (Å²) in [5, 5.41) is 0.839. The summed E-state index contributed by atoms with van der Waals surface area (Å²) in [6.45, 7) is 1.57. The van der Waals surface area contributed by atoms with Gasteiger partial charge in [-0.1, -0.05) is 23.7 Å². The number of piperidine rings is 1. The number of aryl methyl sites for hydroxylation is 3. The van der Waals surface area contributed by atoms with Gasteiger partial charge < -0.3 is 4.90 Å². The van der Waals surface area contributed by atoms with Gasteiger partial charge in [0.1, 0.15) is 7.05 Å². The molecule has 0 saturated carbocycles. The molecule has 1 aromatic carbocycles. The first kappa shape index (κ1) is 22.5. The van der Waals surface area contributed by atoms with Crippen molar-refractivity contribution in [3.63, 3.8) is 0 Å². The number of hydrogen-bond acceptors (Lipinski definition) is 2. The fourth-order valence-corrected chi connectivity index (χ4v) is 6.09. The fraction of sp³-hybridized carbons (Fsp3) is 0.370. The first-order valence-corrected chi connectivity index (χ1v) is 12.8. The molecule has 2 aliphatic rings. The van der Waals surface area contributed by atoms with Gasteiger partial charge in [-0.05, 0) is 81.9 Å². The van der Waals surface area contributed by atoms with Crippen molar-refractivity contribution < 1.29 is 9.36 Å². The normalized spacial score (nSPS) is 18.4. The van der Waals surface area contributed by atoms with E-state index >= 15 is 0 Å². The molecule has 1 aliphatic heterocycles. The third-order valence-corrected chi connectivity index (χ3v) is 7.91. The Morgan fingerprint density at radius 2 is 1.88 bits per heavy atom. The van der Waals surface area contributed by atoms with Gasteiger partial charge in [0, 0.05) is 46.8 Å². The third-order valence-electron chi connectivity index (χ3n) is 7.15. The van der Waals surface area contributed by atoms with Gasteiger partial charge in [0.25, 0.3) is 0 Å². The lowest BCUT2D eigenvalue weighted by molar-refractivity contribution is -0.671. The number of aromatic nitrogens is 2. The smallest absolute Gasteiger partial charge is 0.226 e. The number of carbonyl (C=O) groups is 1. The van der Waals surface area contributed by atoms with E-state index < -0.39 is 0 Å². The molecule has 2 aromatic heterocycles. The predicted octanol–water partition coefficient (Wildman–Crippen LogP) is 5.03. The lowest BCUT2D eigenvalue weighted by atomic mass is 9.76. The molecule has 4 nitrogen and oxygen atoms in total. The van der Waals surface area contributed by atoms with Crippen LogP contribution in [0.25, 0.3) is 0 Å². The largest absolute Gasteiger partial charge is 0.342 e. The first-order valence-electron chi connectivity index (χ1n) is 11.6. The Balaban J connectivity index is 1.38. The maximum absolute atomic E-state index is 13.0. The molecule has 1 atom stereocenters. The minimum Gasteiger partial charge on any atom is -0.342 e. The fourth-order valence-electron chi connectivity index (χ4n) is 5.40. The number of halogens is 2. The van der Waals surface area contributed by atoms with Gasteiger partial charge >= 0.3 is 0 Å². The molecule has 5 rings (SSSR count). The van der Waals surface area contributed by atoms with Gasteiger partial charge in [-0.25, -0.2) is 4.57 Å². The van der Waals surface area contributed by atoms with E-state index in [1.54, 1.807) is 0 Å². The zero-order valence-corrected chi connectivity index (χ0v) is 21.1. The number of amides is 1. The van der Waals surface area contributed by atoms with Crippen LogP contribution in [0.2, 0.25) is 5.02 Å². The standard InChI is InChI=1S/C27H28BrClN3O/c1-31-11-7-18(8-12-31)15-24(33)32-13-9-20(10-14-32)26-25-19(3-2-4-23(25)29)5-6-21-16-22(28)17-30-27(21)26/h2-4,7-8,11-12,16-17,20,26H,5-6,9-10,13-15H2,1H3/q+1. The maximum Gasteiger partial charge on any atom is 0.226 e. The molecule has 1 aliphatic carbocycles. The number of hydrogen-bond donors (Lipinski definition) is 0. The molecule has 6 heteroatoms. The average Bonchev–Trinajstić information content (AvgIpc) is 2.98. The summed E-state index contributed by atoms with van der Waals surface area (Å²) in [6, 6.07) is 12.5. The van der Waals surface area contributed by atoms with Gasteiger partial charge in [-0.15, -0.1) is 0 Å². The van der Waals surface area contributed by atoms with E-state index in [4.69, 9.17) is 16.6 Å². The Morgan fingerprint density at radius 3 is 2.64 bits per heavy atom. The van der Waals surface area contributed by atoms with Crippen molar-refractivity contribution >= 4 is 33.4 Å².